The zero-order chi connectivity index (χ0) is 96.6. The number of nitrogens with one attached hydrogen (secondary N) is 3. The molecule has 6 aromatic heterocycles. The Morgan fingerprint density at radius 1 is 0.472 bits per heavy atom. The predicted molar refractivity (Wildman–Crippen MR) is 398 cm³/mol. The quantitative estimate of drug-likeness (QED) is 0.0168. The number of rotatable bonds is 30. The molecule has 6 aliphatic carbocycles. The molecule has 3 aromatic carbocycles. The average molecular weight is 1580 g/mol. The number of nitrogens with zero attached hydrogens (tertiary/aromatic N) is 15. The molecule has 30 nitrogen and oxygen atoms in total. The van der Waals surface area contributed by atoms with Crippen LogP contribution in [0.15, 0.2) is 69.9 Å². The highest BCUT2D eigenvalue weighted by atomic mass is 32.2. The Hall–Kier alpha value is -7.14. The van der Waals surface area contributed by atoms with Gasteiger partial charge in [0, 0.05) is 80.6 Å². The van der Waals surface area contributed by atoms with Crippen LogP contribution in [0.2, 0.25) is 0 Å². The smallest absolute Gasteiger partial charge is 0.191 e. The van der Waals surface area contributed by atoms with Crippen LogP contribution >= 0.6 is 35.3 Å². The van der Waals surface area contributed by atoms with Gasteiger partial charge in [-0.05, 0) is 111 Å². The minimum atomic E-state index is -3.41. The molecule has 0 aliphatic heterocycles. The van der Waals surface area contributed by atoms with Gasteiger partial charge >= 0.3 is 0 Å². The van der Waals surface area contributed by atoms with Crippen LogP contribution in [0.5, 0.6) is 0 Å². The van der Waals surface area contributed by atoms with Gasteiger partial charge in [0.15, 0.2) is 66.4 Å². The van der Waals surface area contributed by atoms with Crippen LogP contribution in [-0.2, 0) is 14.2 Å². The number of aliphatic hydroxyl groups is 9. The Labute approximate surface area is 665 Å². The van der Waals surface area contributed by atoms with Gasteiger partial charge in [-0.1, -0.05) is 108 Å². The molecule has 6 fully saturated rings. The van der Waals surface area contributed by atoms with Crippen molar-refractivity contribution in [2.45, 2.75) is 224 Å². The van der Waals surface area contributed by atoms with E-state index >= 15 is 0 Å². The third-order valence-corrected chi connectivity index (χ3v) is 21.5. The number of anilines is 3. The molecule has 0 saturated heterocycles. The minimum Gasteiger partial charge on any atom is -0.394 e. The van der Waals surface area contributed by atoms with E-state index in [9.17, 15) is 59.1 Å². The molecule has 0 amide bonds. The fourth-order valence-corrected chi connectivity index (χ4v) is 14.5. The van der Waals surface area contributed by atoms with E-state index in [0.29, 0.717) is 17.3 Å². The SMILES string of the molecule is [2H]c1c([2H])c([C@H]2[C@H](Nc3nc(SCCC)nc4c3nnn4[C@@H]3C[C@H](OC([2H])([2H])C([2H])([2H])O)[C@@H](O)[C@H]3O)C2([2H])[2H])c([2H])c(F)c1C.[2H]c1c([2H])c([C@H]2[C@H](Nc3nc(SCCC)nc4c3nnn4[C@@H]3C[C@H](OC([2H])([2H])CO)[C@@H](O)[C@H]3O)C2([2H])[2H])c([2H])c(F)c1C.[2H]c1c([2H])c([C@H]2[C@H](Nc3nc(SCCC)nc4c3nnn4[C@@H]3C[C@H](OCC([2H])([2H])O)[C@@H](O)[C@H]3O)C2([2H])[2H])c([2H])c(F)c1C. The maximum atomic E-state index is 14.7. The predicted octanol–water partition coefficient (Wildman–Crippen LogP) is 6.55. The molecule has 0 spiro atoms. The van der Waals surface area contributed by atoms with E-state index in [4.69, 9.17) is 45.7 Å². The molecule has 36 heteroatoms. The first-order valence-corrected chi connectivity index (χ1v) is 37.5. The summed E-state index contributed by atoms with van der Waals surface area (Å²) in [6.07, 6.45) is -16.9. The highest BCUT2D eigenvalue weighted by Gasteiger charge is 2.49. The second-order valence-corrected chi connectivity index (χ2v) is 29.1. The highest BCUT2D eigenvalue weighted by molar-refractivity contribution is 7.99. The molecular formula is C72H93F3N18O12S3. The Kier molecular flexibility index (Phi) is 17.7. The van der Waals surface area contributed by atoms with E-state index in [2.05, 4.69) is 76.8 Å². The van der Waals surface area contributed by atoms with Gasteiger partial charge in [-0.25, -0.2) is 57.1 Å². The van der Waals surface area contributed by atoms with Crippen LogP contribution < -0.4 is 16.0 Å². The molecule has 18 atom stereocenters. The van der Waals surface area contributed by atoms with E-state index in [1.165, 1.54) is 70.1 Å². The third kappa shape index (κ3) is 17.5. The van der Waals surface area contributed by atoms with Gasteiger partial charge in [-0.2, -0.15) is 0 Å². The fourth-order valence-electron chi connectivity index (χ4n) is 12.4. The molecule has 0 unspecified atom stereocenters. The van der Waals surface area contributed by atoms with Crippen LogP contribution in [0, 0.1) is 38.2 Å². The van der Waals surface area contributed by atoms with Gasteiger partial charge in [-0.3, -0.25) is 0 Å². The third-order valence-electron chi connectivity index (χ3n) is 18.3. The number of benzene rings is 3. The number of ether oxygens (including phenoxy) is 3. The minimum absolute atomic E-state index is 0.0126. The summed E-state index contributed by atoms with van der Waals surface area (Å²) in [5.74, 6) is -4.35. The first-order chi connectivity index (χ1) is 61.0. The van der Waals surface area contributed by atoms with E-state index in [0.717, 1.165) is 19.3 Å². The van der Waals surface area contributed by atoms with Crippen molar-refractivity contribution < 1.29 is 105 Å². The number of halogens is 3. The molecule has 12 N–H and O–H groups in total. The lowest BCUT2D eigenvalue weighted by Gasteiger charge is -2.17. The zero-order valence-corrected chi connectivity index (χ0v) is 60.9. The number of hydrogen-bond donors (Lipinski definition) is 12. The summed E-state index contributed by atoms with van der Waals surface area (Å²) in [6.45, 7) is -3.68. The Morgan fingerprint density at radius 2 is 0.796 bits per heavy atom. The first kappa shape index (κ1) is 54.5. The summed E-state index contributed by atoms with van der Waals surface area (Å²) in [5, 5.41) is 127. The fraction of sp³-hybridized carbons (Fsp3) is 0.583. The Bertz CT molecular complexity index is 5730. The summed E-state index contributed by atoms with van der Waals surface area (Å²) >= 11 is 3.86. The summed E-state index contributed by atoms with van der Waals surface area (Å²) in [6, 6.07) is -10.6. The topological polar surface area (TPSA) is 415 Å². The number of fused-ring (bicyclic) bond motifs is 3. The van der Waals surface area contributed by atoms with Crippen LogP contribution in [0.3, 0.4) is 0 Å². The number of hydrogen-bond acceptors (Lipinski definition) is 30. The summed E-state index contributed by atoms with van der Waals surface area (Å²) in [7, 11) is 0. The molecule has 6 saturated carbocycles. The van der Waals surface area contributed by atoms with Crippen molar-refractivity contribution in [2.24, 2.45) is 0 Å². The Morgan fingerprint density at radius 3 is 1.10 bits per heavy atom. The monoisotopic (exact) mass is 1580 g/mol. The number of aromatic nitrogens is 15. The van der Waals surface area contributed by atoms with Gasteiger partial charge in [0.1, 0.15) is 54.1 Å². The van der Waals surface area contributed by atoms with Gasteiger partial charge in [-0.15, -0.1) is 15.3 Å². The van der Waals surface area contributed by atoms with Crippen molar-refractivity contribution in [3.05, 3.63) is 105 Å². The van der Waals surface area contributed by atoms with Crippen LogP contribution in [0.1, 0.15) is 179 Å². The van der Waals surface area contributed by atoms with Gasteiger partial charge in [0.25, 0.3) is 0 Å². The van der Waals surface area contributed by atoms with Crippen molar-refractivity contribution in [1.29, 1.82) is 0 Å². The lowest BCUT2D eigenvalue weighted by molar-refractivity contribution is -0.0629. The maximum absolute atomic E-state index is 14.7. The molecule has 0 bridgehead atoms. The number of aliphatic hydroxyl groups excluding tert-OH is 7. The second-order valence-electron chi connectivity index (χ2n) is 25.9. The van der Waals surface area contributed by atoms with Gasteiger partial charge in [0.05, 0.1) is 99.2 Å². The van der Waals surface area contributed by atoms with Crippen molar-refractivity contribution in [1.82, 2.24) is 74.9 Å². The zero-order valence-electron chi connectivity index (χ0n) is 81.5. The lowest BCUT2D eigenvalue weighted by Crippen LogP contribution is -2.33. The number of thioether (sulfide) groups is 3. The standard InChI is InChI=1S/3C24H31FN6O4S/c3*1-3-8-36-24-27-22(26-16-10-14(16)13-5-4-12(2)15(25)9-13)19-23(28-24)31(30-29-19)17-11-18(35-7-6-32)21(34)20(17)33/h3*4-5,9,14,16-18,20-21,32-34H,3,6-8,10-11H2,1-2H3,(H,26,27,28)/t3*14-,16+,17+,18-,20-,21+/m000/s1/i4D,5D,6D2,7D2,9D,10D2;4D,5D,7D2,9D,10D2;4D,5D,6D2,9D,10D2. The second kappa shape index (κ2) is 35.1. The van der Waals surface area contributed by atoms with Crippen LogP contribution in [0.4, 0.5) is 30.6 Å². The molecule has 6 aliphatic rings. The lowest BCUT2D eigenvalue weighted by atomic mass is 10.1. The van der Waals surface area contributed by atoms with Crippen LogP contribution in [-0.4, -0.2) is 251 Å². The van der Waals surface area contributed by atoms with Crippen LogP contribution in [0.25, 0.3) is 33.5 Å². The van der Waals surface area contributed by atoms with E-state index in [-0.39, 0.29) is 119 Å². The van der Waals surface area contributed by atoms with Crippen molar-refractivity contribution in [2.75, 3.05) is 72.7 Å². The van der Waals surface area contributed by atoms with E-state index in [1.807, 2.05) is 20.8 Å². The van der Waals surface area contributed by atoms with Crippen molar-refractivity contribution in [3.63, 3.8) is 0 Å². The molecule has 15 rings (SSSR count). The first-order valence-electron chi connectivity index (χ1n) is 46.0. The molecular weight excluding hydrogens is 1460 g/mol. The van der Waals surface area contributed by atoms with Gasteiger partial charge < -0.3 is 76.1 Å². The van der Waals surface area contributed by atoms with Crippen molar-refractivity contribution in [3.8, 4) is 0 Å². The highest BCUT2D eigenvalue weighted by Crippen LogP contribution is 2.48. The largest absolute Gasteiger partial charge is 0.394 e. The van der Waals surface area contributed by atoms with E-state index < -0.39 is 239 Å². The van der Waals surface area contributed by atoms with Crippen molar-refractivity contribution >= 4 is 86.2 Å². The molecule has 108 heavy (non-hydrogen) atoms. The molecule has 0 radical (unpaired) electrons. The molecule has 9 aromatic rings. The summed E-state index contributed by atoms with van der Waals surface area (Å²) in [4.78, 5) is 27.0. The normalized spacial score (nSPS) is 32.6. The van der Waals surface area contributed by atoms with Gasteiger partial charge in [0.2, 0.25) is 0 Å². The Balaban J connectivity index is 0.000000167. The maximum Gasteiger partial charge on any atom is 0.191 e. The average Bonchev–Trinajstić information content (AvgIpc) is 1.55. The van der Waals surface area contributed by atoms with E-state index in [1.54, 1.807) is 0 Å². The molecule has 6 heterocycles. The molecule has 582 valence electrons. The summed E-state index contributed by atoms with van der Waals surface area (Å²) in [5.41, 5.74) is -0.611. The summed E-state index contributed by atoms with van der Waals surface area (Å²) < 4.78 is 248.